The van der Waals surface area contributed by atoms with Gasteiger partial charge in [-0.2, -0.15) is 4.98 Å². The zero-order valence-electron chi connectivity index (χ0n) is 12.3. The molecule has 0 unspecified atom stereocenters. The van der Waals surface area contributed by atoms with Crippen LogP contribution >= 0.6 is 0 Å². The van der Waals surface area contributed by atoms with E-state index in [0.29, 0.717) is 29.2 Å². The Bertz CT molecular complexity index is 837. The highest BCUT2D eigenvalue weighted by molar-refractivity contribution is 5.98. The number of amides is 1. The number of nitrogens with one attached hydrogen (secondary N) is 1. The molecule has 0 saturated carbocycles. The van der Waals surface area contributed by atoms with Crippen LogP contribution in [-0.4, -0.2) is 20.6 Å². The fraction of sp³-hybridized carbons (Fsp3) is 0.267. The monoisotopic (exact) mass is 302 g/mol. The molecule has 22 heavy (non-hydrogen) atoms. The Kier molecular flexibility index (Phi) is 3.62. The van der Waals surface area contributed by atoms with Crippen LogP contribution in [0.15, 0.2) is 28.8 Å². The van der Waals surface area contributed by atoms with E-state index < -0.39 is 0 Å². The molecule has 0 spiro atoms. The first-order valence-corrected chi connectivity index (χ1v) is 6.93. The molecule has 7 heteroatoms. The second-order valence-electron chi connectivity index (χ2n) is 4.93. The van der Waals surface area contributed by atoms with Crippen LogP contribution in [0, 0.1) is 5.82 Å². The standard InChI is InChI=1S/C15H15FN4O2/c1-3-14-18-13(19-22-14)8-17-15(21)12-7-9-6-10(16)4-5-11(9)20(12)2/h4-7H,3,8H2,1-2H3,(H,17,21). The van der Waals surface area contributed by atoms with Crippen LogP contribution in [0.25, 0.3) is 10.9 Å². The Labute approximate surface area is 125 Å². The molecule has 1 N–H and O–H groups in total. The molecule has 0 aliphatic rings. The molecule has 0 fully saturated rings. The third-order valence-corrected chi connectivity index (χ3v) is 3.46. The minimum Gasteiger partial charge on any atom is -0.343 e. The number of aryl methyl sites for hydroxylation is 2. The lowest BCUT2D eigenvalue weighted by Gasteiger charge is -2.04. The molecular weight excluding hydrogens is 287 g/mol. The number of fused-ring (bicyclic) bond motifs is 1. The lowest BCUT2D eigenvalue weighted by Crippen LogP contribution is -2.25. The Morgan fingerprint density at radius 3 is 2.95 bits per heavy atom. The van der Waals surface area contributed by atoms with Gasteiger partial charge in [0.05, 0.1) is 6.54 Å². The number of hydrogen-bond donors (Lipinski definition) is 1. The molecule has 0 radical (unpaired) electrons. The first kappa shape index (κ1) is 14.2. The smallest absolute Gasteiger partial charge is 0.268 e. The Morgan fingerprint density at radius 2 is 2.23 bits per heavy atom. The number of halogens is 1. The van der Waals surface area contributed by atoms with E-state index in [2.05, 4.69) is 15.5 Å². The van der Waals surface area contributed by atoms with E-state index in [0.717, 1.165) is 5.52 Å². The fourth-order valence-corrected chi connectivity index (χ4v) is 2.29. The van der Waals surface area contributed by atoms with Crippen molar-refractivity contribution >= 4 is 16.8 Å². The first-order chi connectivity index (χ1) is 10.6. The third kappa shape index (κ3) is 2.57. The molecule has 0 aliphatic carbocycles. The van der Waals surface area contributed by atoms with E-state index in [1.807, 2.05) is 6.92 Å². The number of nitrogens with zero attached hydrogens (tertiary/aromatic N) is 3. The second-order valence-corrected chi connectivity index (χ2v) is 4.93. The Hall–Kier alpha value is -2.70. The quantitative estimate of drug-likeness (QED) is 0.802. The lowest BCUT2D eigenvalue weighted by atomic mass is 10.2. The van der Waals surface area contributed by atoms with E-state index in [1.54, 1.807) is 23.7 Å². The summed E-state index contributed by atoms with van der Waals surface area (Å²) in [7, 11) is 1.76. The van der Waals surface area contributed by atoms with Gasteiger partial charge in [-0.3, -0.25) is 4.79 Å². The second kappa shape index (κ2) is 5.59. The summed E-state index contributed by atoms with van der Waals surface area (Å²) in [6, 6.07) is 6.07. The lowest BCUT2D eigenvalue weighted by molar-refractivity contribution is 0.0942. The predicted octanol–water partition coefficient (Wildman–Crippen LogP) is 2.19. The van der Waals surface area contributed by atoms with Crippen LogP contribution in [-0.2, 0) is 20.0 Å². The predicted molar refractivity (Wildman–Crippen MR) is 77.7 cm³/mol. The highest BCUT2D eigenvalue weighted by atomic mass is 19.1. The van der Waals surface area contributed by atoms with Crippen LogP contribution in [0.3, 0.4) is 0 Å². The normalized spacial score (nSPS) is 11.0. The van der Waals surface area contributed by atoms with Crippen molar-refractivity contribution in [3.05, 3.63) is 47.5 Å². The van der Waals surface area contributed by atoms with Crippen LogP contribution in [0.4, 0.5) is 4.39 Å². The van der Waals surface area contributed by atoms with Crippen LogP contribution < -0.4 is 5.32 Å². The van der Waals surface area contributed by atoms with Crippen LogP contribution in [0.5, 0.6) is 0 Å². The Morgan fingerprint density at radius 1 is 1.41 bits per heavy atom. The highest BCUT2D eigenvalue weighted by Crippen LogP contribution is 2.19. The summed E-state index contributed by atoms with van der Waals surface area (Å²) in [6.07, 6.45) is 0.649. The maximum absolute atomic E-state index is 13.2. The van der Waals surface area contributed by atoms with Gasteiger partial charge in [0.2, 0.25) is 5.89 Å². The summed E-state index contributed by atoms with van der Waals surface area (Å²) in [5.41, 5.74) is 1.24. The van der Waals surface area contributed by atoms with Crippen molar-refractivity contribution in [1.29, 1.82) is 0 Å². The van der Waals surface area contributed by atoms with E-state index in [9.17, 15) is 9.18 Å². The average molecular weight is 302 g/mol. The molecule has 0 atom stereocenters. The molecule has 3 aromatic rings. The molecule has 2 heterocycles. The van der Waals surface area contributed by atoms with Gasteiger partial charge < -0.3 is 14.4 Å². The maximum atomic E-state index is 13.2. The summed E-state index contributed by atoms with van der Waals surface area (Å²) in [4.78, 5) is 16.4. The first-order valence-electron chi connectivity index (χ1n) is 6.93. The van der Waals surface area contributed by atoms with E-state index in [1.165, 1.54) is 12.1 Å². The number of carbonyl (C=O) groups is 1. The SMILES string of the molecule is CCc1nc(CNC(=O)c2cc3cc(F)ccc3n2C)no1. The molecule has 1 amide bonds. The Balaban J connectivity index is 1.78. The number of carbonyl (C=O) groups excluding carboxylic acids is 1. The van der Waals surface area contributed by atoms with Gasteiger partial charge in [0.25, 0.3) is 5.91 Å². The summed E-state index contributed by atoms with van der Waals surface area (Å²) in [5, 5.41) is 7.18. The maximum Gasteiger partial charge on any atom is 0.268 e. The summed E-state index contributed by atoms with van der Waals surface area (Å²) in [5.74, 6) is 0.352. The fourth-order valence-electron chi connectivity index (χ4n) is 2.29. The van der Waals surface area contributed by atoms with Gasteiger partial charge in [-0.25, -0.2) is 4.39 Å². The van der Waals surface area contributed by atoms with Crippen LogP contribution in [0.2, 0.25) is 0 Å². The van der Waals surface area contributed by atoms with Crippen molar-refractivity contribution in [2.75, 3.05) is 0 Å². The molecule has 0 saturated heterocycles. The van der Waals surface area contributed by atoms with Crippen molar-refractivity contribution < 1.29 is 13.7 Å². The number of rotatable bonds is 4. The van der Waals surface area contributed by atoms with Gasteiger partial charge in [-0.15, -0.1) is 0 Å². The van der Waals surface area contributed by atoms with E-state index in [-0.39, 0.29) is 18.3 Å². The van der Waals surface area contributed by atoms with Crippen LogP contribution in [0.1, 0.15) is 29.1 Å². The van der Waals surface area contributed by atoms with Crippen molar-refractivity contribution in [3.8, 4) is 0 Å². The number of benzene rings is 1. The molecular formula is C15H15FN4O2. The van der Waals surface area contributed by atoms with Gasteiger partial charge in [0.1, 0.15) is 11.5 Å². The molecule has 114 valence electrons. The largest absolute Gasteiger partial charge is 0.343 e. The van der Waals surface area contributed by atoms with Gasteiger partial charge in [0, 0.05) is 24.4 Å². The van der Waals surface area contributed by atoms with E-state index in [4.69, 9.17) is 4.52 Å². The van der Waals surface area contributed by atoms with Crippen molar-refractivity contribution in [2.45, 2.75) is 19.9 Å². The molecule has 0 bridgehead atoms. The highest BCUT2D eigenvalue weighted by Gasteiger charge is 2.14. The zero-order chi connectivity index (χ0) is 15.7. The van der Waals surface area contributed by atoms with E-state index >= 15 is 0 Å². The summed E-state index contributed by atoms with van der Waals surface area (Å²) in [6.45, 7) is 2.09. The van der Waals surface area contributed by atoms with Gasteiger partial charge in [-0.05, 0) is 24.3 Å². The number of hydrogen-bond acceptors (Lipinski definition) is 4. The molecule has 1 aromatic carbocycles. The molecule has 0 aliphatic heterocycles. The molecule has 3 rings (SSSR count). The van der Waals surface area contributed by atoms with Crippen molar-refractivity contribution in [3.63, 3.8) is 0 Å². The molecule has 6 nitrogen and oxygen atoms in total. The van der Waals surface area contributed by atoms with Gasteiger partial charge in [0.15, 0.2) is 5.82 Å². The average Bonchev–Trinajstić information content (AvgIpc) is 3.09. The number of aromatic nitrogens is 3. The van der Waals surface area contributed by atoms with Gasteiger partial charge >= 0.3 is 0 Å². The zero-order valence-corrected chi connectivity index (χ0v) is 12.3. The minimum atomic E-state index is -0.330. The van der Waals surface area contributed by atoms with Gasteiger partial charge in [-0.1, -0.05) is 12.1 Å². The molecule has 2 aromatic heterocycles. The summed E-state index contributed by atoms with van der Waals surface area (Å²) >= 11 is 0. The minimum absolute atomic E-state index is 0.179. The third-order valence-electron chi connectivity index (χ3n) is 3.46. The topological polar surface area (TPSA) is 73.0 Å². The summed E-state index contributed by atoms with van der Waals surface area (Å²) < 4.78 is 19.9. The van der Waals surface area contributed by atoms with Crippen molar-refractivity contribution in [2.24, 2.45) is 7.05 Å². The van der Waals surface area contributed by atoms with Crippen molar-refractivity contribution in [1.82, 2.24) is 20.0 Å².